The molecule has 0 aromatic heterocycles. The van der Waals surface area contributed by atoms with Crippen LogP contribution in [0.3, 0.4) is 0 Å². The third-order valence-electron chi connectivity index (χ3n) is 1.83. The highest BCUT2D eigenvalue weighted by atomic mass is 16.2. The number of rotatable bonds is 3. The zero-order chi connectivity index (χ0) is 8.97. The summed E-state index contributed by atoms with van der Waals surface area (Å²) in [5.41, 5.74) is 0. The molecule has 0 radical (unpaired) electrons. The van der Waals surface area contributed by atoms with Crippen LogP contribution in [0.2, 0.25) is 0 Å². The Labute approximate surface area is 72.9 Å². The molecule has 0 bridgehead atoms. The summed E-state index contributed by atoms with van der Waals surface area (Å²) >= 11 is 0. The highest BCUT2D eigenvalue weighted by molar-refractivity contribution is 5.75. The molecule has 3 nitrogen and oxygen atoms in total. The van der Waals surface area contributed by atoms with Crippen LogP contribution in [0.25, 0.3) is 0 Å². The van der Waals surface area contributed by atoms with Crippen LogP contribution in [0, 0.1) is 12.3 Å². The average molecular weight is 166 g/mol. The minimum absolute atomic E-state index is 0.135. The first-order valence-electron chi connectivity index (χ1n) is 4.29. The Hall–Kier alpha value is -1.17. The molecule has 0 aliphatic heterocycles. The summed E-state index contributed by atoms with van der Waals surface area (Å²) in [6, 6.07) is 0.117. The summed E-state index contributed by atoms with van der Waals surface area (Å²) in [7, 11) is 0. The molecule has 2 N–H and O–H groups in total. The van der Waals surface area contributed by atoms with Gasteiger partial charge in [-0.05, 0) is 19.3 Å². The first-order valence-corrected chi connectivity index (χ1v) is 4.29. The number of hydrogen-bond acceptors (Lipinski definition) is 1. The zero-order valence-electron chi connectivity index (χ0n) is 7.26. The Bertz CT molecular complexity index is 203. The number of hydrogen-bond donors (Lipinski definition) is 2. The standard InChI is InChI=1S/C9H14N2O/c1-3-7(4-2)10-9(12)11-8-5-6-8/h1,7-8H,4-6H2,2H3,(H2,10,11,12). The number of carbonyl (C=O) groups excluding carboxylic acids is 1. The lowest BCUT2D eigenvalue weighted by molar-refractivity contribution is 0.238. The summed E-state index contributed by atoms with van der Waals surface area (Å²) in [5, 5.41) is 5.51. The lowest BCUT2D eigenvalue weighted by Gasteiger charge is -2.10. The average Bonchev–Trinajstić information content (AvgIpc) is 2.84. The van der Waals surface area contributed by atoms with E-state index in [1.54, 1.807) is 0 Å². The van der Waals surface area contributed by atoms with Gasteiger partial charge < -0.3 is 10.6 Å². The Morgan fingerprint density at radius 1 is 1.75 bits per heavy atom. The molecule has 1 rings (SSSR count). The highest BCUT2D eigenvalue weighted by Crippen LogP contribution is 2.18. The van der Waals surface area contributed by atoms with Crippen LogP contribution in [0.1, 0.15) is 26.2 Å². The van der Waals surface area contributed by atoms with Crippen LogP contribution in [-0.4, -0.2) is 18.1 Å². The normalized spacial score (nSPS) is 17.7. The van der Waals surface area contributed by atoms with E-state index < -0.39 is 0 Å². The summed E-state index contributed by atoms with van der Waals surface area (Å²) in [6.45, 7) is 1.95. The van der Waals surface area contributed by atoms with E-state index in [1.807, 2.05) is 6.92 Å². The van der Waals surface area contributed by atoms with Gasteiger partial charge in [-0.1, -0.05) is 12.8 Å². The van der Waals surface area contributed by atoms with Crippen LogP contribution in [0.4, 0.5) is 4.79 Å². The third-order valence-corrected chi connectivity index (χ3v) is 1.83. The molecule has 0 aromatic rings. The second-order valence-electron chi connectivity index (χ2n) is 3.02. The van der Waals surface area contributed by atoms with Gasteiger partial charge >= 0.3 is 6.03 Å². The molecular formula is C9H14N2O. The van der Waals surface area contributed by atoms with E-state index in [2.05, 4.69) is 16.6 Å². The lowest BCUT2D eigenvalue weighted by atomic mass is 10.2. The first-order chi connectivity index (χ1) is 5.76. The van der Waals surface area contributed by atoms with Crippen molar-refractivity contribution >= 4 is 6.03 Å². The van der Waals surface area contributed by atoms with Crippen molar-refractivity contribution in [2.75, 3.05) is 0 Å². The molecule has 2 amide bonds. The first kappa shape index (κ1) is 8.92. The summed E-state index contributed by atoms with van der Waals surface area (Å²) in [5.74, 6) is 2.50. The number of amides is 2. The van der Waals surface area contributed by atoms with Crippen molar-refractivity contribution in [1.82, 2.24) is 10.6 Å². The fourth-order valence-corrected chi connectivity index (χ4v) is 0.875. The van der Waals surface area contributed by atoms with Gasteiger partial charge in [0, 0.05) is 6.04 Å². The Morgan fingerprint density at radius 3 is 2.83 bits per heavy atom. The van der Waals surface area contributed by atoms with Gasteiger partial charge in [0.15, 0.2) is 0 Å². The predicted molar refractivity (Wildman–Crippen MR) is 47.6 cm³/mol. The van der Waals surface area contributed by atoms with Crippen molar-refractivity contribution in [2.24, 2.45) is 0 Å². The van der Waals surface area contributed by atoms with Crippen molar-refractivity contribution in [3.63, 3.8) is 0 Å². The molecular weight excluding hydrogens is 152 g/mol. The van der Waals surface area contributed by atoms with E-state index in [9.17, 15) is 4.79 Å². The van der Waals surface area contributed by atoms with Crippen LogP contribution in [0.15, 0.2) is 0 Å². The van der Waals surface area contributed by atoms with Crippen molar-refractivity contribution in [3.8, 4) is 12.3 Å². The molecule has 1 aliphatic rings. The summed E-state index contributed by atoms with van der Waals surface area (Å²) in [4.78, 5) is 11.1. The Balaban J connectivity index is 2.19. The molecule has 3 heteroatoms. The summed E-state index contributed by atoms with van der Waals surface area (Å²) in [6.07, 6.45) is 8.15. The lowest BCUT2D eigenvalue weighted by Crippen LogP contribution is -2.42. The van der Waals surface area contributed by atoms with Gasteiger partial charge in [-0.15, -0.1) is 6.42 Å². The molecule has 1 atom stereocenters. The molecule has 66 valence electrons. The van der Waals surface area contributed by atoms with Crippen LogP contribution < -0.4 is 10.6 Å². The smallest absolute Gasteiger partial charge is 0.315 e. The van der Waals surface area contributed by atoms with E-state index in [0.29, 0.717) is 6.04 Å². The maximum atomic E-state index is 11.1. The van der Waals surface area contributed by atoms with Gasteiger partial charge in [0.25, 0.3) is 0 Å². The largest absolute Gasteiger partial charge is 0.335 e. The Kier molecular flexibility index (Phi) is 2.98. The zero-order valence-corrected chi connectivity index (χ0v) is 7.26. The molecule has 0 spiro atoms. The topological polar surface area (TPSA) is 41.1 Å². The fourth-order valence-electron chi connectivity index (χ4n) is 0.875. The SMILES string of the molecule is C#CC(CC)NC(=O)NC1CC1. The molecule has 1 saturated carbocycles. The van der Waals surface area contributed by atoms with Gasteiger partial charge in [-0.3, -0.25) is 0 Å². The molecule has 12 heavy (non-hydrogen) atoms. The van der Waals surface area contributed by atoms with Crippen molar-refractivity contribution < 1.29 is 4.79 Å². The van der Waals surface area contributed by atoms with E-state index >= 15 is 0 Å². The molecule has 1 unspecified atom stereocenters. The van der Waals surface area contributed by atoms with Crippen LogP contribution >= 0.6 is 0 Å². The molecule has 1 aliphatic carbocycles. The minimum Gasteiger partial charge on any atom is -0.335 e. The maximum Gasteiger partial charge on any atom is 0.315 e. The second kappa shape index (κ2) is 4.01. The highest BCUT2D eigenvalue weighted by Gasteiger charge is 2.23. The van der Waals surface area contributed by atoms with E-state index in [-0.39, 0.29) is 12.1 Å². The number of nitrogens with one attached hydrogen (secondary N) is 2. The van der Waals surface area contributed by atoms with Gasteiger partial charge in [-0.25, -0.2) is 4.79 Å². The number of urea groups is 1. The van der Waals surface area contributed by atoms with Gasteiger partial charge in [-0.2, -0.15) is 0 Å². The molecule has 0 heterocycles. The predicted octanol–water partition coefficient (Wildman–Crippen LogP) is 0.860. The number of terminal acetylenes is 1. The van der Waals surface area contributed by atoms with Crippen molar-refractivity contribution in [3.05, 3.63) is 0 Å². The third kappa shape index (κ3) is 2.83. The molecule has 0 saturated heterocycles. The van der Waals surface area contributed by atoms with Gasteiger partial charge in [0.2, 0.25) is 0 Å². The van der Waals surface area contributed by atoms with E-state index in [1.165, 1.54) is 0 Å². The molecule has 1 fully saturated rings. The van der Waals surface area contributed by atoms with E-state index in [4.69, 9.17) is 6.42 Å². The summed E-state index contributed by atoms with van der Waals surface area (Å²) < 4.78 is 0. The van der Waals surface area contributed by atoms with Crippen molar-refractivity contribution in [1.29, 1.82) is 0 Å². The van der Waals surface area contributed by atoms with Crippen molar-refractivity contribution in [2.45, 2.75) is 38.3 Å². The molecule has 0 aromatic carbocycles. The van der Waals surface area contributed by atoms with E-state index in [0.717, 1.165) is 19.3 Å². The van der Waals surface area contributed by atoms with Crippen LogP contribution in [-0.2, 0) is 0 Å². The van der Waals surface area contributed by atoms with Crippen LogP contribution in [0.5, 0.6) is 0 Å². The Morgan fingerprint density at radius 2 is 2.42 bits per heavy atom. The minimum atomic E-state index is -0.137. The maximum absolute atomic E-state index is 11.1. The van der Waals surface area contributed by atoms with Gasteiger partial charge in [0.1, 0.15) is 0 Å². The van der Waals surface area contributed by atoms with Gasteiger partial charge in [0.05, 0.1) is 6.04 Å². The monoisotopic (exact) mass is 166 g/mol. The quantitative estimate of drug-likeness (QED) is 0.600. The fraction of sp³-hybridized carbons (Fsp3) is 0.667. The number of carbonyl (C=O) groups is 1. The second-order valence-corrected chi connectivity index (χ2v) is 3.02.